The predicted molar refractivity (Wildman–Crippen MR) is 188 cm³/mol. The molecule has 2 rings (SSSR count). The molecule has 0 bridgehead atoms. The van der Waals surface area contributed by atoms with Gasteiger partial charge in [0.2, 0.25) is 0 Å². The highest BCUT2D eigenvalue weighted by Crippen LogP contribution is 2.32. The van der Waals surface area contributed by atoms with Crippen molar-refractivity contribution in [3.8, 4) is 0 Å². The first-order chi connectivity index (χ1) is 24.4. The number of halogens is 3. The Morgan fingerprint density at radius 1 is 0.560 bits per heavy atom. The van der Waals surface area contributed by atoms with Crippen LogP contribution in [0.2, 0.25) is 0 Å². The Balaban J connectivity index is 1.33. The minimum Gasteiger partial charge on any atom is -0.460 e. The van der Waals surface area contributed by atoms with Crippen LogP contribution < -0.4 is 5.32 Å². The quantitative estimate of drug-likeness (QED) is 0.0591. The van der Waals surface area contributed by atoms with Crippen molar-refractivity contribution in [1.82, 2.24) is 0 Å². The van der Waals surface area contributed by atoms with Crippen LogP contribution in [0.1, 0.15) is 87.1 Å². The summed E-state index contributed by atoms with van der Waals surface area (Å²) in [6.07, 6.45) is 8.74. The van der Waals surface area contributed by atoms with E-state index < -0.39 is 17.7 Å². The Labute approximate surface area is 296 Å². The van der Waals surface area contributed by atoms with Crippen molar-refractivity contribution in [3.05, 3.63) is 59.7 Å². The van der Waals surface area contributed by atoms with Gasteiger partial charge in [0.25, 0.3) is 0 Å². The van der Waals surface area contributed by atoms with Crippen molar-refractivity contribution < 1.29 is 51.1 Å². The third-order valence-corrected chi connectivity index (χ3v) is 7.58. The zero-order valence-corrected chi connectivity index (χ0v) is 29.8. The van der Waals surface area contributed by atoms with Crippen molar-refractivity contribution in [2.45, 2.75) is 77.3 Å². The Kier molecular flexibility index (Phi) is 25.1. The summed E-state index contributed by atoms with van der Waals surface area (Å²) in [5, 5.41) is 2.86. The summed E-state index contributed by atoms with van der Waals surface area (Å²) in [5.41, 5.74) is -0.0546. The largest absolute Gasteiger partial charge is 0.460 e. The molecular formula is C38H58F3NO8. The lowest BCUT2D eigenvalue weighted by molar-refractivity contribution is -0.137. The normalized spacial score (nSPS) is 11.6. The highest BCUT2D eigenvalue weighted by molar-refractivity contribution is 5.96. The summed E-state index contributed by atoms with van der Waals surface area (Å²) in [7, 11) is 0. The molecule has 0 saturated heterocycles. The highest BCUT2D eigenvalue weighted by atomic mass is 19.4. The summed E-state index contributed by atoms with van der Waals surface area (Å²) in [6, 6.07) is 11.2. The topological polar surface area (TPSA) is 93.7 Å². The van der Waals surface area contributed by atoms with E-state index in [9.17, 15) is 18.0 Å². The average molecular weight is 714 g/mol. The van der Waals surface area contributed by atoms with Crippen molar-refractivity contribution in [2.75, 3.05) is 91.2 Å². The molecule has 0 aliphatic carbocycles. The van der Waals surface area contributed by atoms with Crippen LogP contribution in [-0.2, 0) is 39.3 Å². The highest BCUT2D eigenvalue weighted by Gasteiger charge is 2.30. The number of esters is 1. The smallest absolute Gasteiger partial charge is 0.416 e. The number of ether oxygens (including phenoxy) is 7. The maximum atomic E-state index is 13.0. The van der Waals surface area contributed by atoms with Crippen LogP contribution in [0.15, 0.2) is 48.5 Å². The molecule has 0 radical (unpaired) electrons. The van der Waals surface area contributed by atoms with E-state index in [4.69, 9.17) is 33.2 Å². The monoisotopic (exact) mass is 713 g/mol. The molecule has 12 heteroatoms. The van der Waals surface area contributed by atoms with Gasteiger partial charge in [0, 0.05) is 12.3 Å². The number of carbonyl (C=O) groups excluding carboxylic acids is 1. The van der Waals surface area contributed by atoms with Gasteiger partial charge >= 0.3 is 12.1 Å². The Hall–Kier alpha value is -2.74. The van der Waals surface area contributed by atoms with Crippen LogP contribution in [0, 0.1) is 0 Å². The van der Waals surface area contributed by atoms with Gasteiger partial charge in [0.05, 0.1) is 89.5 Å². The molecule has 0 fully saturated rings. The van der Waals surface area contributed by atoms with E-state index in [1.165, 1.54) is 76.0 Å². The minimum atomic E-state index is -4.47. The molecule has 284 valence electrons. The van der Waals surface area contributed by atoms with Gasteiger partial charge in [0.15, 0.2) is 0 Å². The van der Waals surface area contributed by atoms with Crippen LogP contribution in [0.4, 0.5) is 24.5 Å². The minimum absolute atomic E-state index is 0.0120. The van der Waals surface area contributed by atoms with E-state index in [1.807, 2.05) is 0 Å². The number of rotatable bonds is 32. The van der Waals surface area contributed by atoms with E-state index >= 15 is 0 Å². The number of carbonyl (C=O) groups is 1. The fraction of sp³-hybridized carbons (Fsp3) is 0.658. The van der Waals surface area contributed by atoms with Crippen LogP contribution in [0.5, 0.6) is 0 Å². The first kappa shape index (κ1) is 43.4. The zero-order chi connectivity index (χ0) is 36.0. The Morgan fingerprint density at radius 2 is 1.02 bits per heavy atom. The van der Waals surface area contributed by atoms with Crippen molar-refractivity contribution in [3.63, 3.8) is 0 Å². The number of para-hydroxylation sites is 1. The number of anilines is 2. The summed E-state index contributed by atoms with van der Waals surface area (Å²) in [5.74, 6) is -0.617. The van der Waals surface area contributed by atoms with E-state index in [0.717, 1.165) is 25.2 Å². The number of hydrogen-bond donors (Lipinski definition) is 1. The van der Waals surface area contributed by atoms with Crippen molar-refractivity contribution in [1.29, 1.82) is 0 Å². The van der Waals surface area contributed by atoms with Gasteiger partial charge < -0.3 is 38.5 Å². The molecule has 0 unspecified atom stereocenters. The van der Waals surface area contributed by atoms with Gasteiger partial charge in [-0.1, -0.05) is 82.9 Å². The molecule has 1 N–H and O–H groups in total. The first-order valence-corrected chi connectivity index (χ1v) is 18.1. The van der Waals surface area contributed by atoms with Crippen LogP contribution in [0.3, 0.4) is 0 Å². The predicted octanol–water partition coefficient (Wildman–Crippen LogP) is 8.63. The van der Waals surface area contributed by atoms with E-state index in [1.54, 1.807) is 18.2 Å². The van der Waals surface area contributed by atoms with Gasteiger partial charge in [-0.2, -0.15) is 13.2 Å². The molecule has 0 aliphatic heterocycles. The maximum Gasteiger partial charge on any atom is 0.416 e. The molecule has 0 aliphatic rings. The lowest BCUT2D eigenvalue weighted by atomic mass is 10.1. The van der Waals surface area contributed by atoms with Gasteiger partial charge in [-0.05, 0) is 36.8 Å². The Bertz CT molecular complexity index is 1120. The molecule has 50 heavy (non-hydrogen) atoms. The maximum absolute atomic E-state index is 13.0. The van der Waals surface area contributed by atoms with Crippen LogP contribution in [-0.4, -0.2) is 91.9 Å². The number of alkyl halides is 3. The SMILES string of the molecule is CCCCCCCCCCCCOCCOCCOCCOCCOCCOCCOC(=O)c1ccccc1Nc1cccc(C(F)(F)F)c1. The second-order valence-corrected chi connectivity index (χ2v) is 11.7. The average Bonchev–Trinajstić information content (AvgIpc) is 3.11. The van der Waals surface area contributed by atoms with Crippen molar-refractivity contribution in [2.24, 2.45) is 0 Å². The second-order valence-electron chi connectivity index (χ2n) is 11.7. The molecular weight excluding hydrogens is 655 g/mol. The van der Waals surface area contributed by atoms with Gasteiger partial charge in [0.1, 0.15) is 6.61 Å². The third-order valence-electron chi connectivity index (χ3n) is 7.58. The summed E-state index contributed by atoms with van der Waals surface area (Å²) < 4.78 is 77.4. The number of benzene rings is 2. The molecule has 0 spiro atoms. The lowest BCUT2D eigenvalue weighted by Crippen LogP contribution is -2.15. The molecule has 0 amide bonds. The van der Waals surface area contributed by atoms with E-state index in [-0.39, 0.29) is 24.5 Å². The fourth-order valence-corrected chi connectivity index (χ4v) is 4.86. The number of unbranched alkanes of at least 4 members (excludes halogenated alkanes) is 9. The Morgan fingerprint density at radius 3 is 1.54 bits per heavy atom. The molecule has 2 aromatic carbocycles. The molecule has 0 aromatic heterocycles. The standard InChI is InChI=1S/C38H58F3NO8/c1-2-3-4-5-6-7-8-9-10-13-19-44-20-21-45-22-23-46-24-25-47-26-27-48-28-29-49-30-31-50-37(43)35-17-11-12-18-36(35)42-34-16-14-15-33(32-34)38(39,40)41/h11-12,14-18,32,42H,2-10,13,19-31H2,1H3. The summed E-state index contributed by atoms with van der Waals surface area (Å²) in [4.78, 5) is 12.6. The molecule has 0 saturated carbocycles. The van der Waals surface area contributed by atoms with Gasteiger partial charge in [-0.15, -0.1) is 0 Å². The molecule has 0 heterocycles. The first-order valence-electron chi connectivity index (χ1n) is 18.1. The molecule has 9 nitrogen and oxygen atoms in total. The van der Waals surface area contributed by atoms with Crippen LogP contribution in [0.25, 0.3) is 0 Å². The lowest BCUT2D eigenvalue weighted by Gasteiger charge is -2.13. The fourth-order valence-electron chi connectivity index (χ4n) is 4.86. The third kappa shape index (κ3) is 22.2. The summed E-state index contributed by atoms with van der Waals surface area (Å²) >= 11 is 0. The van der Waals surface area contributed by atoms with Crippen molar-refractivity contribution >= 4 is 17.3 Å². The second kappa shape index (κ2) is 28.9. The van der Waals surface area contributed by atoms with E-state index in [0.29, 0.717) is 71.8 Å². The van der Waals surface area contributed by atoms with E-state index in [2.05, 4.69) is 12.2 Å². The number of nitrogens with one attached hydrogen (secondary N) is 1. The molecule has 0 atom stereocenters. The zero-order valence-electron chi connectivity index (χ0n) is 29.8. The van der Waals surface area contributed by atoms with Gasteiger partial charge in [-0.25, -0.2) is 4.79 Å². The number of hydrogen-bond acceptors (Lipinski definition) is 9. The molecule has 2 aromatic rings. The summed E-state index contributed by atoms with van der Waals surface area (Å²) in [6.45, 7) is 7.93. The van der Waals surface area contributed by atoms with Crippen LogP contribution >= 0.6 is 0 Å². The van der Waals surface area contributed by atoms with Gasteiger partial charge in [-0.3, -0.25) is 0 Å².